The van der Waals surface area contributed by atoms with E-state index in [1.165, 1.54) is 0 Å². The maximum Gasteiger partial charge on any atom is 0.410 e. The van der Waals surface area contributed by atoms with Crippen molar-refractivity contribution in [3.05, 3.63) is 34.0 Å². The van der Waals surface area contributed by atoms with Gasteiger partial charge in [0.25, 0.3) is 0 Å². The molecule has 2 unspecified atom stereocenters. The van der Waals surface area contributed by atoms with E-state index in [0.717, 1.165) is 19.4 Å². The van der Waals surface area contributed by atoms with Crippen LogP contribution in [0.4, 0.5) is 20.6 Å². The Bertz CT molecular complexity index is 1240. The Morgan fingerprint density at radius 1 is 1.36 bits per heavy atom. The van der Waals surface area contributed by atoms with E-state index >= 15 is 4.39 Å². The van der Waals surface area contributed by atoms with Gasteiger partial charge in [0, 0.05) is 30.1 Å². The number of nitrogens with two attached hydrogens (primary N) is 1. The minimum atomic E-state index is -0.587. The number of nitrogens with zero attached hydrogens (tertiary/aromatic N) is 3. The Balaban J connectivity index is 1.64. The number of benzene rings is 1. The maximum atomic E-state index is 15.4. The van der Waals surface area contributed by atoms with E-state index in [1.54, 1.807) is 17.0 Å². The standard InChI is InChI=1S/C28H38BrClFN5O3/c1-6-8-17-13-16(10-12-36(17)27(37)39-28(2,3)4)33-25-19-14-20(30)21(29)22(31)24(19)34-26(23(25)32)38-15-18-9-7-11-35(18)5/h6,14,16-18H,1,7-13,15,32H2,2-5H3,(H,33,34)/t16?,17?,18-/m0/s1. The molecule has 0 saturated carbocycles. The molecule has 2 aliphatic heterocycles. The van der Waals surface area contributed by atoms with E-state index in [9.17, 15) is 4.79 Å². The molecule has 8 nitrogen and oxygen atoms in total. The van der Waals surface area contributed by atoms with Crippen LogP contribution in [-0.4, -0.2) is 71.3 Å². The Morgan fingerprint density at radius 3 is 2.74 bits per heavy atom. The smallest absolute Gasteiger partial charge is 0.410 e. The van der Waals surface area contributed by atoms with Crippen molar-refractivity contribution in [3.63, 3.8) is 0 Å². The van der Waals surface area contributed by atoms with Crippen molar-refractivity contribution >= 4 is 55.9 Å². The monoisotopic (exact) mass is 625 g/mol. The lowest BCUT2D eigenvalue weighted by molar-refractivity contribution is 0.00934. The number of ether oxygens (including phenoxy) is 2. The van der Waals surface area contributed by atoms with Crippen molar-refractivity contribution in [2.75, 3.05) is 37.8 Å². The predicted octanol–water partition coefficient (Wildman–Crippen LogP) is 6.60. The number of likely N-dealkylation sites (tertiary alicyclic amines) is 2. The highest BCUT2D eigenvalue weighted by molar-refractivity contribution is 9.10. The lowest BCUT2D eigenvalue weighted by Gasteiger charge is -2.40. The van der Waals surface area contributed by atoms with Crippen LogP contribution in [0, 0.1) is 5.82 Å². The first-order valence-electron chi connectivity index (χ1n) is 13.4. The summed E-state index contributed by atoms with van der Waals surface area (Å²) < 4.78 is 27.2. The molecule has 2 aliphatic rings. The van der Waals surface area contributed by atoms with Gasteiger partial charge in [0.2, 0.25) is 5.88 Å². The first-order chi connectivity index (χ1) is 18.4. The Kier molecular flexibility index (Phi) is 9.18. The van der Waals surface area contributed by atoms with Crippen molar-refractivity contribution in [1.29, 1.82) is 0 Å². The number of carbonyl (C=O) groups is 1. The van der Waals surface area contributed by atoms with Gasteiger partial charge in [0.05, 0.1) is 15.2 Å². The van der Waals surface area contributed by atoms with Crippen LogP contribution in [0.25, 0.3) is 10.9 Å². The third kappa shape index (κ3) is 6.72. The molecular weight excluding hydrogens is 589 g/mol. The van der Waals surface area contributed by atoms with E-state index in [0.29, 0.717) is 49.2 Å². The van der Waals surface area contributed by atoms with Crippen molar-refractivity contribution in [2.45, 2.75) is 76.6 Å². The average molecular weight is 627 g/mol. The van der Waals surface area contributed by atoms with Gasteiger partial charge in [-0.15, -0.1) is 6.58 Å². The number of aromatic nitrogens is 1. The summed E-state index contributed by atoms with van der Waals surface area (Å²) in [4.78, 5) is 21.4. The molecule has 2 aromatic rings. The SMILES string of the molecule is C=CCC1CC(Nc2c(N)c(OC[C@@H]3CCCN3C)nc3c(F)c(Br)c(Cl)cc23)CCN1C(=O)OC(C)(C)C. The Labute approximate surface area is 243 Å². The number of pyridine rings is 1. The Morgan fingerprint density at radius 2 is 2.10 bits per heavy atom. The predicted molar refractivity (Wildman–Crippen MR) is 158 cm³/mol. The summed E-state index contributed by atoms with van der Waals surface area (Å²) in [5, 5.41) is 4.22. The molecule has 214 valence electrons. The molecule has 3 atom stereocenters. The fourth-order valence-corrected chi connectivity index (χ4v) is 5.79. The molecule has 2 fully saturated rings. The summed E-state index contributed by atoms with van der Waals surface area (Å²) in [7, 11) is 2.06. The fourth-order valence-electron chi connectivity index (χ4n) is 5.29. The normalized spacial score (nSPS) is 22.2. The zero-order chi connectivity index (χ0) is 28.5. The molecule has 3 heterocycles. The van der Waals surface area contributed by atoms with Gasteiger partial charge in [0.15, 0.2) is 5.82 Å². The van der Waals surface area contributed by atoms with Crippen LogP contribution in [0.15, 0.2) is 23.2 Å². The molecule has 1 aromatic heterocycles. The van der Waals surface area contributed by atoms with Crippen LogP contribution in [0.1, 0.15) is 52.9 Å². The number of halogens is 3. The van der Waals surface area contributed by atoms with Gasteiger partial charge in [0.1, 0.15) is 23.4 Å². The third-order valence-electron chi connectivity index (χ3n) is 7.33. The summed E-state index contributed by atoms with van der Waals surface area (Å²) in [5.74, 6) is -0.389. The summed E-state index contributed by atoms with van der Waals surface area (Å²) in [5.41, 5.74) is 6.98. The van der Waals surface area contributed by atoms with Crippen LogP contribution in [0.3, 0.4) is 0 Å². The number of carbonyl (C=O) groups excluding carboxylic acids is 1. The van der Waals surface area contributed by atoms with E-state index < -0.39 is 11.4 Å². The van der Waals surface area contributed by atoms with Crippen LogP contribution in [-0.2, 0) is 4.74 Å². The molecule has 11 heteroatoms. The molecule has 4 rings (SSSR count). The van der Waals surface area contributed by atoms with E-state index in [1.807, 2.05) is 20.8 Å². The van der Waals surface area contributed by atoms with Gasteiger partial charge in [-0.1, -0.05) is 17.7 Å². The van der Waals surface area contributed by atoms with Crippen molar-refractivity contribution in [1.82, 2.24) is 14.8 Å². The van der Waals surface area contributed by atoms with Crippen LogP contribution >= 0.6 is 27.5 Å². The molecule has 0 spiro atoms. The van der Waals surface area contributed by atoms with Crippen LogP contribution in [0.5, 0.6) is 5.88 Å². The largest absolute Gasteiger partial charge is 0.474 e. The number of nitrogen functional groups attached to an aromatic ring is 1. The number of fused-ring (bicyclic) bond motifs is 1. The second kappa shape index (κ2) is 12.1. The molecule has 3 N–H and O–H groups in total. The van der Waals surface area contributed by atoms with Crippen LogP contribution < -0.4 is 15.8 Å². The van der Waals surface area contributed by atoms with Gasteiger partial charge in [-0.25, -0.2) is 14.2 Å². The summed E-state index contributed by atoms with van der Waals surface area (Å²) in [6.07, 6.45) is 5.47. The molecular formula is C28H38BrClFN5O3. The van der Waals surface area contributed by atoms with Crippen molar-refractivity contribution in [3.8, 4) is 5.88 Å². The number of nitrogens with one attached hydrogen (secondary N) is 1. The fraction of sp³-hybridized carbons (Fsp3) is 0.571. The van der Waals surface area contributed by atoms with Gasteiger partial charge >= 0.3 is 6.09 Å². The number of hydrogen-bond donors (Lipinski definition) is 2. The average Bonchev–Trinajstić information content (AvgIpc) is 3.27. The van der Waals surface area contributed by atoms with Gasteiger partial charge in [-0.2, -0.15) is 0 Å². The van der Waals surface area contributed by atoms with Gasteiger partial charge in [-0.05, 0) is 88.5 Å². The number of amides is 1. The summed E-state index contributed by atoms with van der Waals surface area (Å²) >= 11 is 9.57. The molecule has 1 aromatic carbocycles. The second-order valence-electron chi connectivity index (χ2n) is 11.4. The summed E-state index contributed by atoms with van der Waals surface area (Å²) in [6, 6.07) is 1.74. The number of anilines is 2. The van der Waals surface area contributed by atoms with E-state index in [-0.39, 0.29) is 45.1 Å². The lowest BCUT2D eigenvalue weighted by Crippen LogP contribution is -2.50. The van der Waals surface area contributed by atoms with Crippen molar-refractivity contribution < 1.29 is 18.7 Å². The first-order valence-corrected chi connectivity index (χ1v) is 14.5. The third-order valence-corrected chi connectivity index (χ3v) is 8.64. The van der Waals surface area contributed by atoms with Crippen LogP contribution in [0.2, 0.25) is 5.02 Å². The lowest BCUT2D eigenvalue weighted by atomic mass is 9.94. The highest BCUT2D eigenvalue weighted by atomic mass is 79.9. The molecule has 39 heavy (non-hydrogen) atoms. The molecule has 1 amide bonds. The molecule has 0 aliphatic carbocycles. The highest BCUT2D eigenvalue weighted by Crippen LogP contribution is 2.42. The number of likely N-dealkylation sites (N-methyl/N-ethyl adjacent to an activating group) is 1. The zero-order valence-electron chi connectivity index (χ0n) is 23.0. The van der Waals surface area contributed by atoms with Gasteiger partial charge < -0.3 is 30.3 Å². The number of piperidine rings is 1. The molecule has 2 saturated heterocycles. The molecule has 0 radical (unpaired) electrons. The van der Waals surface area contributed by atoms with Crippen molar-refractivity contribution in [2.24, 2.45) is 0 Å². The molecule has 0 bridgehead atoms. The highest BCUT2D eigenvalue weighted by Gasteiger charge is 2.34. The summed E-state index contributed by atoms with van der Waals surface area (Å²) in [6.45, 7) is 11.3. The van der Waals surface area contributed by atoms with Gasteiger partial charge in [-0.3, -0.25) is 0 Å². The second-order valence-corrected chi connectivity index (χ2v) is 12.6. The maximum absolute atomic E-state index is 15.4. The number of hydrogen-bond acceptors (Lipinski definition) is 7. The zero-order valence-corrected chi connectivity index (χ0v) is 25.4. The van der Waals surface area contributed by atoms with E-state index in [2.05, 4.69) is 44.8 Å². The number of rotatable bonds is 7. The minimum Gasteiger partial charge on any atom is -0.474 e. The quantitative estimate of drug-likeness (QED) is 0.264. The Hall–Kier alpha value is -2.30. The first kappa shape index (κ1) is 29.7. The van der Waals surface area contributed by atoms with E-state index in [4.69, 9.17) is 26.8 Å². The minimum absolute atomic E-state index is 0.0548. The topological polar surface area (TPSA) is 93.0 Å².